The molecular formula is C16H12INO2. The van der Waals surface area contributed by atoms with E-state index in [2.05, 4.69) is 0 Å². The van der Waals surface area contributed by atoms with E-state index in [1.54, 1.807) is 11.6 Å². The third kappa shape index (κ3) is 2.20. The summed E-state index contributed by atoms with van der Waals surface area (Å²) < 4.78 is 8.18. The number of hydrogen-bond donors (Lipinski definition) is 0. The van der Waals surface area contributed by atoms with E-state index in [-0.39, 0.29) is 5.56 Å². The van der Waals surface area contributed by atoms with Gasteiger partial charge in [-0.05, 0) is 46.9 Å². The number of rotatable bonds is 2. The van der Waals surface area contributed by atoms with Crippen LogP contribution in [0.5, 0.6) is 11.5 Å². The summed E-state index contributed by atoms with van der Waals surface area (Å²) in [6.45, 7) is 0. The molecule has 0 amide bonds. The number of aryl methyl sites for hydroxylation is 1. The molecule has 3 rings (SSSR count). The summed E-state index contributed by atoms with van der Waals surface area (Å²) >= 11 is 2.05. The van der Waals surface area contributed by atoms with Crippen LogP contribution in [0.4, 0.5) is 0 Å². The maximum Gasteiger partial charge on any atom is 0.268 e. The predicted molar refractivity (Wildman–Crippen MR) is 88.4 cm³/mol. The van der Waals surface area contributed by atoms with Gasteiger partial charge < -0.3 is 9.30 Å². The first-order valence-electron chi connectivity index (χ1n) is 6.18. The van der Waals surface area contributed by atoms with Crippen molar-refractivity contribution in [1.82, 2.24) is 4.57 Å². The lowest BCUT2D eigenvalue weighted by molar-refractivity contribution is 0.482. The van der Waals surface area contributed by atoms with E-state index in [4.69, 9.17) is 4.74 Å². The molecule has 1 aromatic heterocycles. The minimum atomic E-state index is -0.0461. The molecule has 0 unspecified atom stereocenters. The zero-order chi connectivity index (χ0) is 14.1. The van der Waals surface area contributed by atoms with Crippen molar-refractivity contribution in [3.05, 3.63) is 68.5 Å². The second kappa shape index (κ2) is 5.28. The average Bonchev–Trinajstić information content (AvgIpc) is 2.50. The van der Waals surface area contributed by atoms with Crippen molar-refractivity contribution in [3.63, 3.8) is 0 Å². The molecule has 0 bridgehead atoms. The highest BCUT2D eigenvalue weighted by Crippen LogP contribution is 2.32. The van der Waals surface area contributed by atoms with Gasteiger partial charge in [0.25, 0.3) is 5.56 Å². The molecule has 0 saturated carbocycles. The van der Waals surface area contributed by atoms with Crippen molar-refractivity contribution in [2.24, 2.45) is 7.05 Å². The summed E-state index contributed by atoms with van der Waals surface area (Å²) in [4.78, 5) is 12.3. The average molecular weight is 377 g/mol. The van der Waals surface area contributed by atoms with Gasteiger partial charge in [0.2, 0.25) is 0 Å². The van der Waals surface area contributed by atoms with E-state index in [0.717, 1.165) is 16.7 Å². The van der Waals surface area contributed by atoms with Gasteiger partial charge in [-0.3, -0.25) is 4.79 Å². The summed E-state index contributed by atoms with van der Waals surface area (Å²) in [5.74, 6) is 1.35. The molecule has 20 heavy (non-hydrogen) atoms. The van der Waals surface area contributed by atoms with Gasteiger partial charge in [-0.15, -0.1) is 0 Å². The van der Waals surface area contributed by atoms with Gasteiger partial charge in [0.15, 0.2) is 5.75 Å². The van der Waals surface area contributed by atoms with Crippen molar-refractivity contribution in [2.75, 3.05) is 0 Å². The molecule has 100 valence electrons. The van der Waals surface area contributed by atoms with Gasteiger partial charge in [-0.1, -0.05) is 30.3 Å². The Morgan fingerprint density at radius 2 is 1.65 bits per heavy atom. The van der Waals surface area contributed by atoms with Crippen LogP contribution in [-0.4, -0.2) is 4.57 Å². The molecule has 0 spiro atoms. The fraction of sp³-hybridized carbons (Fsp3) is 0.0625. The Bertz CT molecular complexity index is 825. The maximum absolute atomic E-state index is 12.3. The molecule has 0 fully saturated rings. The van der Waals surface area contributed by atoms with Crippen molar-refractivity contribution >= 4 is 33.5 Å². The lowest BCUT2D eigenvalue weighted by Gasteiger charge is -2.13. The van der Waals surface area contributed by atoms with Crippen molar-refractivity contribution in [1.29, 1.82) is 0 Å². The SMILES string of the molecule is Cn1c(=O)c(I)c(Oc2ccccc2)c2ccccc21. The van der Waals surface area contributed by atoms with Crippen LogP contribution in [0.15, 0.2) is 59.4 Å². The van der Waals surface area contributed by atoms with E-state index in [9.17, 15) is 4.79 Å². The fourth-order valence-electron chi connectivity index (χ4n) is 2.14. The van der Waals surface area contributed by atoms with E-state index in [1.165, 1.54) is 0 Å². The summed E-state index contributed by atoms with van der Waals surface area (Å²) in [6, 6.07) is 17.3. The summed E-state index contributed by atoms with van der Waals surface area (Å²) in [5, 5.41) is 0.933. The lowest BCUT2D eigenvalue weighted by atomic mass is 10.2. The monoisotopic (exact) mass is 377 g/mol. The van der Waals surface area contributed by atoms with Crippen molar-refractivity contribution in [3.8, 4) is 11.5 Å². The molecule has 4 heteroatoms. The van der Waals surface area contributed by atoms with Crippen LogP contribution in [-0.2, 0) is 7.05 Å². The summed E-state index contributed by atoms with van der Waals surface area (Å²) in [5.41, 5.74) is 0.819. The summed E-state index contributed by atoms with van der Waals surface area (Å²) in [7, 11) is 1.78. The molecule has 0 aliphatic heterocycles. The maximum atomic E-state index is 12.3. The smallest absolute Gasteiger partial charge is 0.268 e. The Kier molecular flexibility index (Phi) is 3.48. The second-order valence-corrected chi connectivity index (χ2v) is 5.52. The second-order valence-electron chi connectivity index (χ2n) is 4.44. The van der Waals surface area contributed by atoms with Crippen LogP contribution in [0.1, 0.15) is 0 Å². The van der Waals surface area contributed by atoms with E-state index in [0.29, 0.717) is 9.32 Å². The van der Waals surface area contributed by atoms with E-state index in [1.807, 2.05) is 77.2 Å². The third-order valence-corrected chi connectivity index (χ3v) is 4.12. The molecule has 1 heterocycles. The molecule has 0 saturated heterocycles. The van der Waals surface area contributed by atoms with Crippen LogP contribution in [0.2, 0.25) is 0 Å². The number of para-hydroxylation sites is 2. The molecular weight excluding hydrogens is 365 g/mol. The molecule has 3 aromatic rings. The molecule has 0 aliphatic carbocycles. The zero-order valence-electron chi connectivity index (χ0n) is 10.8. The van der Waals surface area contributed by atoms with Crippen molar-refractivity contribution < 1.29 is 4.74 Å². The lowest BCUT2D eigenvalue weighted by Crippen LogP contribution is -2.20. The highest BCUT2D eigenvalue weighted by atomic mass is 127. The molecule has 0 aliphatic rings. The Morgan fingerprint density at radius 1 is 1.00 bits per heavy atom. The normalized spacial score (nSPS) is 10.7. The van der Waals surface area contributed by atoms with Crippen LogP contribution in [0.3, 0.4) is 0 Å². The summed E-state index contributed by atoms with van der Waals surface area (Å²) in [6.07, 6.45) is 0. The Hall–Kier alpha value is -1.82. The van der Waals surface area contributed by atoms with Crippen LogP contribution in [0, 0.1) is 3.57 Å². The highest BCUT2D eigenvalue weighted by Gasteiger charge is 2.14. The molecule has 0 atom stereocenters. The first kappa shape index (κ1) is 13.2. The minimum Gasteiger partial charge on any atom is -0.455 e. The number of fused-ring (bicyclic) bond motifs is 1. The van der Waals surface area contributed by atoms with Crippen molar-refractivity contribution in [2.45, 2.75) is 0 Å². The van der Waals surface area contributed by atoms with Gasteiger partial charge in [0.1, 0.15) is 9.32 Å². The Morgan fingerprint density at radius 3 is 2.40 bits per heavy atom. The van der Waals surface area contributed by atoms with Gasteiger partial charge >= 0.3 is 0 Å². The van der Waals surface area contributed by atoms with Gasteiger partial charge in [0, 0.05) is 12.4 Å². The first-order chi connectivity index (χ1) is 9.68. The topological polar surface area (TPSA) is 31.2 Å². The first-order valence-corrected chi connectivity index (χ1v) is 7.26. The van der Waals surface area contributed by atoms with E-state index >= 15 is 0 Å². The van der Waals surface area contributed by atoms with Crippen LogP contribution in [0.25, 0.3) is 10.9 Å². The number of benzene rings is 2. The molecule has 0 N–H and O–H groups in total. The number of hydrogen-bond acceptors (Lipinski definition) is 2. The number of ether oxygens (including phenoxy) is 1. The van der Waals surface area contributed by atoms with Gasteiger partial charge in [0.05, 0.1) is 5.52 Å². The number of pyridine rings is 1. The third-order valence-electron chi connectivity index (χ3n) is 3.16. The minimum absolute atomic E-state index is 0.0461. The molecule has 3 nitrogen and oxygen atoms in total. The Balaban J connectivity index is 2.27. The zero-order valence-corrected chi connectivity index (χ0v) is 13.0. The number of nitrogens with zero attached hydrogens (tertiary/aromatic N) is 1. The standard InChI is InChI=1S/C16H12INO2/c1-18-13-10-6-5-9-12(13)15(14(17)16(18)19)20-11-7-3-2-4-8-11/h2-10H,1H3. The van der Waals surface area contributed by atoms with Gasteiger partial charge in [-0.25, -0.2) is 0 Å². The molecule has 2 aromatic carbocycles. The van der Waals surface area contributed by atoms with Crippen LogP contribution < -0.4 is 10.3 Å². The largest absolute Gasteiger partial charge is 0.455 e. The Labute approximate surface area is 130 Å². The number of halogens is 1. The number of aromatic nitrogens is 1. The van der Waals surface area contributed by atoms with Gasteiger partial charge in [-0.2, -0.15) is 0 Å². The van der Waals surface area contributed by atoms with E-state index < -0.39 is 0 Å². The molecule has 0 radical (unpaired) electrons. The van der Waals surface area contributed by atoms with Crippen LogP contribution >= 0.6 is 22.6 Å². The predicted octanol–water partition coefficient (Wildman–Crippen LogP) is 3.94. The quantitative estimate of drug-likeness (QED) is 0.634. The highest BCUT2D eigenvalue weighted by molar-refractivity contribution is 14.1. The fourth-order valence-corrected chi connectivity index (χ4v) is 2.90.